The molecular weight excluding hydrogens is 341 g/mol. The van der Waals surface area contributed by atoms with Gasteiger partial charge in [0.2, 0.25) is 0 Å². The van der Waals surface area contributed by atoms with Crippen molar-refractivity contribution in [2.45, 2.75) is 19.8 Å². The van der Waals surface area contributed by atoms with Crippen molar-refractivity contribution in [1.82, 2.24) is 10.9 Å². The summed E-state index contributed by atoms with van der Waals surface area (Å²) in [5.41, 5.74) is 6.65. The first kappa shape index (κ1) is 18.7. The molecule has 1 amide bonds. The van der Waals surface area contributed by atoms with Crippen LogP contribution in [-0.2, 0) is 4.79 Å². The van der Waals surface area contributed by atoms with Crippen LogP contribution in [0.5, 0.6) is 5.75 Å². The summed E-state index contributed by atoms with van der Waals surface area (Å²) in [6, 6.07) is 13.3. The Hall–Kier alpha value is -2.67. The van der Waals surface area contributed by atoms with E-state index in [0.717, 1.165) is 5.56 Å². The molecule has 0 aliphatic carbocycles. The molecule has 0 aliphatic heterocycles. The number of hydrazine groups is 1. The number of carbonyl (C=O) groups excluding carboxylic acids is 1. The number of halogens is 1. The van der Waals surface area contributed by atoms with Crippen molar-refractivity contribution in [2.75, 3.05) is 11.9 Å². The summed E-state index contributed by atoms with van der Waals surface area (Å²) in [4.78, 5) is 11.9. The second kappa shape index (κ2) is 8.98. The summed E-state index contributed by atoms with van der Waals surface area (Å²) in [6.45, 7) is 3.97. The first-order valence-electron chi connectivity index (χ1n) is 7.79. The Labute approximate surface area is 151 Å². The largest absolute Gasteiger partial charge is 0.483 e. The van der Waals surface area contributed by atoms with Crippen LogP contribution < -0.4 is 20.9 Å². The van der Waals surface area contributed by atoms with Crippen LogP contribution in [0.3, 0.4) is 0 Å². The molecular formula is C18H20FN3O2S. The third-order valence-electron chi connectivity index (χ3n) is 3.32. The second-order valence-corrected chi connectivity index (χ2v) is 6.02. The number of thiocarbonyl (C=S) groups is 1. The second-order valence-electron chi connectivity index (χ2n) is 5.62. The summed E-state index contributed by atoms with van der Waals surface area (Å²) < 4.78 is 18.4. The quantitative estimate of drug-likeness (QED) is 0.563. The minimum absolute atomic E-state index is 0.143. The highest BCUT2D eigenvalue weighted by molar-refractivity contribution is 7.80. The Morgan fingerprint density at radius 2 is 1.80 bits per heavy atom. The number of benzene rings is 2. The van der Waals surface area contributed by atoms with Crippen molar-refractivity contribution in [3.05, 3.63) is 59.9 Å². The van der Waals surface area contributed by atoms with Crippen LogP contribution in [-0.4, -0.2) is 17.6 Å². The summed E-state index contributed by atoms with van der Waals surface area (Å²) >= 11 is 5.05. The smallest absolute Gasteiger partial charge is 0.276 e. The van der Waals surface area contributed by atoms with Crippen molar-refractivity contribution in [3.8, 4) is 5.75 Å². The van der Waals surface area contributed by atoms with Crippen LogP contribution in [0.4, 0.5) is 10.1 Å². The molecule has 25 heavy (non-hydrogen) atoms. The minimum atomic E-state index is -0.373. The van der Waals surface area contributed by atoms with Gasteiger partial charge in [0.05, 0.1) is 0 Å². The van der Waals surface area contributed by atoms with Crippen LogP contribution in [0.25, 0.3) is 0 Å². The minimum Gasteiger partial charge on any atom is -0.483 e. The highest BCUT2D eigenvalue weighted by Crippen LogP contribution is 2.25. The first-order chi connectivity index (χ1) is 12.0. The van der Waals surface area contributed by atoms with Crippen LogP contribution >= 0.6 is 12.2 Å². The van der Waals surface area contributed by atoms with Gasteiger partial charge in [-0.25, -0.2) is 4.39 Å². The maximum atomic E-state index is 12.8. The van der Waals surface area contributed by atoms with Crippen molar-refractivity contribution in [2.24, 2.45) is 0 Å². The molecule has 0 spiro atoms. The predicted molar refractivity (Wildman–Crippen MR) is 99.9 cm³/mol. The molecule has 0 aromatic heterocycles. The molecule has 0 radical (unpaired) electrons. The number of amides is 1. The van der Waals surface area contributed by atoms with Crippen LogP contribution in [0, 0.1) is 5.82 Å². The standard InChI is InChI=1S/C18H20FN3O2S/c1-12(2)15-5-3-4-6-16(15)24-11-17(23)21-22-18(25)20-14-9-7-13(19)8-10-14/h3-10,12H,11H2,1-2H3,(H,21,23)(H2,20,22,25). The molecule has 0 atom stereocenters. The molecule has 132 valence electrons. The van der Waals surface area contributed by atoms with E-state index in [0.29, 0.717) is 17.4 Å². The molecule has 2 rings (SSSR count). The van der Waals surface area contributed by atoms with E-state index in [-0.39, 0.29) is 23.4 Å². The van der Waals surface area contributed by atoms with E-state index in [2.05, 4.69) is 30.0 Å². The zero-order valence-corrected chi connectivity index (χ0v) is 14.8. The Balaban J connectivity index is 1.77. The number of carbonyl (C=O) groups is 1. The van der Waals surface area contributed by atoms with Crippen molar-refractivity contribution >= 4 is 28.9 Å². The van der Waals surface area contributed by atoms with Gasteiger partial charge in [0.25, 0.3) is 5.91 Å². The lowest BCUT2D eigenvalue weighted by molar-refractivity contribution is -0.123. The summed E-state index contributed by atoms with van der Waals surface area (Å²) in [5, 5.41) is 3.00. The molecule has 0 unspecified atom stereocenters. The van der Waals surface area contributed by atoms with Gasteiger partial charge < -0.3 is 10.1 Å². The third kappa shape index (κ3) is 6.04. The van der Waals surface area contributed by atoms with Gasteiger partial charge in [-0.3, -0.25) is 15.6 Å². The molecule has 0 saturated carbocycles. The van der Waals surface area contributed by atoms with Gasteiger partial charge >= 0.3 is 0 Å². The van der Waals surface area contributed by atoms with E-state index >= 15 is 0 Å². The average Bonchev–Trinajstić information content (AvgIpc) is 2.60. The molecule has 0 bridgehead atoms. The van der Waals surface area contributed by atoms with Gasteiger partial charge in [-0.2, -0.15) is 0 Å². The number of ether oxygens (including phenoxy) is 1. The van der Waals surface area contributed by atoms with Gasteiger partial charge in [0.15, 0.2) is 11.7 Å². The van der Waals surface area contributed by atoms with Crippen molar-refractivity contribution in [3.63, 3.8) is 0 Å². The molecule has 5 nitrogen and oxygen atoms in total. The van der Waals surface area contributed by atoms with Crippen LogP contribution in [0.1, 0.15) is 25.3 Å². The molecule has 3 N–H and O–H groups in total. The monoisotopic (exact) mass is 361 g/mol. The number of anilines is 1. The lowest BCUT2D eigenvalue weighted by atomic mass is 10.0. The van der Waals surface area contributed by atoms with Gasteiger partial charge in [0, 0.05) is 5.69 Å². The average molecular weight is 361 g/mol. The van der Waals surface area contributed by atoms with E-state index in [1.807, 2.05) is 24.3 Å². The van der Waals surface area contributed by atoms with Crippen molar-refractivity contribution < 1.29 is 13.9 Å². The topological polar surface area (TPSA) is 62.4 Å². The number of rotatable bonds is 5. The van der Waals surface area contributed by atoms with E-state index in [9.17, 15) is 9.18 Å². The van der Waals surface area contributed by atoms with E-state index in [4.69, 9.17) is 17.0 Å². The highest BCUT2D eigenvalue weighted by Gasteiger charge is 2.09. The van der Waals surface area contributed by atoms with Crippen LogP contribution in [0.2, 0.25) is 0 Å². The Kier molecular flexibility index (Phi) is 6.71. The van der Waals surface area contributed by atoms with Crippen LogP contribution in [0.15, 0.2) is 48.5 Å². The molecule has 0 fully saturated rings. The van der Waals surface area contributed by atoms with Gasteiger partial charge in [-0.1, -0.05) is 32.0 Å². The molecule has 0 saturated heterocycles. The zero-order valence-electron chi connectivity index (χ0n) is 14.0. The van der Waals surface area contributed by atoms with E-state index in [1.54, 1.807) is 0 Å². The lowest BCUT2D eigenvalue weighted by Gasteiger charge is -2.14. The first-order valence-corrected chi connectivity index (χ1v) is 8.19. The fraction of sp³-hybridized carbons (Fsp3) is 0.222. The number of para-hydroxylation sites is 1. The maximum absolute atomic E-state index is 12.8. The summed E-state index contributed by atoms with van der Waals surface area (Å²) in [7, 11) is 0. The number of hydrogen-bond acceptors (Lipinski definition) is 3. The molecule has 0 aliphatic rings. The van der Waals surface area contributed by atoms with Gasteiger partial charge in [0.1, 0.15) is 11.6 Å². The summed E-state index contributed by atoms with van der Waals surface area (Å²) in [5.74, 6) is 0.267. The fourth-order valence-electron chi connectivity index (χ4n) is 2.09. The van der Waals surface area contributed by atoms with Crippen molar-refractivity contribution in [1.29, 1.82) is 0 Å². The SMILES string of the molecule is CC(C)c1ccccc1OCC(=O)NNC(=S)Nc1ccc(F)cc1. The fourth-order valence-corrected chi connectivity index (χ4v) is 2.26. The lowest BCUT2D eigenvalue weighted by Crippen LogP contribution is -2.45. The normalized spacial score (nSPS) is 10.2. The maximum Gasteiger partial charge on any atom is 0.276 e. The Morgan fingerprint density at radius 1 is 1.12 bits per heavy atom. The van der Waals surface area contributed by atoms with Gasteiger partial charge in [-0.15, -0.1) is 0 Å². The molecule has 7 heteroatoms. The van der Waals surface area contributed by atoms with Gasteiger partial charge in [-0.05, 0) is 54.0 Å². The Bertz CT molecular complexity index is 735. The van der Waals surface area contributed by atoms with E-state index in [1.165, 1.54) is 24.3 Å². The summed E-state index contributed by atoms with van der Waals surface area (Å²) in [6.07, 6.45) is 0. The number of hydrogen-bond donors (Lipinski definition) is 3. The van der Waals surface area contributed by atoms with E-state index < -0.39 is 0 Å². The third-order valence-corrected chi connectivity index (χ3v) is 3.52. The molecule has 2 aromatic rings. The predicted octanol–water partition coefficient (Wildman–Crippen LogP) is 3.35. The Morgan fingerprint density at radius 3 is 2.48 bits per heavy atom. The molecule has 0 heterocycles. The zero-order chi connectivity index (χ0) is 18.2. The number of nitrogens with one attached hydrogen (secondary N) is 3. The highest BCUT2D eigenvalue weighted by atomic mass is 32.1. The molecule has 2 aromatic carbocycles.